The summed E-state index contributed by atoms with van der Waals surface area (Å²) in [5, 5.41) is 0. The maximum Gasteiger partial charge on any atom is 0.139 e. The average Bonchev–Trinajstić information content (AvgIpc) is 3.15. The summed E-state index contributed by atoms with van der Waals surface area (Å²) in [6.07, 6.45) is 0. The zero-order valence-corrected chi connectivity index (χ0v) is 28.3. The number of pyridine rings is 2. The molecule has 0 saturated carbocycles. The van der Waals surface area contributed by atoms with Crippen molar-refractivity contribution >= 4 is 0 Å². The first-order chi connectivity index (χ1) is 23.8. The lowest BCUT2D eigenvalue weighted by atomic mass is 9.73. The fourth-order valence-electron chi connectivity index (χ4n) is 7.18. The van der Waals surface area contributed by atoms with Gasteiger partial charge in [-0.1, -0.05) is 153 Å². The van der Waals surface area contributed by atoms with E-state index in [0.717, 1.165) is 73.2 Å². The maximum absolute atomic E-state index is 7.11. The molecule has 3 heteroatoms. The van der Waals surface area contributed by atoms with E-state index < -0.39 is 5.41 Å². The van der Waals surface area contributed by atoms with E-state index in [-0.39, 0.29) is 5.41 Å². The monoisotopic (exact) mass is 634 g/mol. The molecule has 5 aromatic carbocycles. The van der Waals surface area contributed by atoms with Crippen LogP contribution in [-0.4, -0.2) is 9.97 Å². The molecule has 3 heterocycles. The van der Waals surface area contributed by atoms with E-state index in [1.165, 1.54) is 5.56 Å². The summed E-state index contributed by atoms with van der Waals surface area (Å²) in [6.45, 7) is 9.06. The fourth-order valence-corrected chi connectivity index (χ4v) is 7.18. The van der Waals surface area contributed by atoms with Gasteiger partial charge in [0.2, 0.25) is 0 Å². The molecule has 0 fully saturated rings. The maximum atomic E-state index is 7.11. The van der Waals surface area contributed by atoms with E-state index in [0.29, 0.717) is 0 Å². The van der Waals surface area contributed by atoms with Crippen LogP contribution < -0.4 is 4.74 Å². The molecule has 2 aromatic heterocycles. The Morgan fingerprint density at radius 2 is 0.959 bits per heavy atom. The largest absolute Gasteiger partial charge is 0.455 e. The van der Waals surface area contributed by atoms with Crippen molar-refractivity contribution in [2.24, 2.45) is 0 Å². The van der Waals surface area contributed by atoms with Crippen LogP contribution in [0.3, 0.4) is 0 Å². The Balaban J connectivity index is 1.33. The Hall–Kier alpha value is -5.80. The van der Waals surface area contributed by atoms with E-state index in [1.807, 2.05) is 12.1 Å². The second kappa shape index (κ2) is 12.0. The first kappa shape index (κ1) is 30.5. The predicted octanol–water partition coefficient (Wildman–Crippen LogP) is 11.9. The molecule has 0 unspecified atom stereocenters. The molecule has 0 atom stereocenters. The summed E-state index contributed by atoms with van der Waals surface area (Å²) in [7, 11) is 0. The van der Waals surface area contributed by atoms with Gasteiger partial charge < -0.3 is 4.74 Å². The van der Waals surface area contributed by atoms with Crippen LogP contribution in [0.4, 0.5) is 0 Å². The lowest BCUT2D eigenvalue weighted by Gasteiger charge is -2.37. The number of para-hydroxylation sites is 2. The van der Waals surface area contributed by atoms with Crippen molar-refractivity contribution in [1.29, 1.82) is 0 Å². The number of ether oxygens (including phenoxy) is 1. The molecule has 7 aromatic rings. The molecule has 1 aliphatic heterocycles. The van der Waals surface area contributed by atoms with Gasteiger partial charge in [-0.25, -0.2) is 0 Å². The van der Waals surface area contributed by atoms with Gasteiger partial charge in [-0.15, -0.1) is 0 Å². The molecule has 0 aliphatic carbocycles. The molecular weight excluding hydrogens is 597 g/mol. The smallest absolute Gasteiger partial charge is 0.139 e. The number of benzene rings is 5. The van der Waals surface area contributed by atoms with Crippen LogP contribution in [-0.2, 0) is 10.8 Å². The first-order valence-electron chi connectivity index (χ1n) is 16.9. The third-order valence-electron chi connectivity index (χ3n) is 9.97. The highest BCUT2D eigenvalue weighted by molar-refractivity contribution is 5.82. The number of rotatable bonds is 6. The molecule has 3 nitrogen and oxygen atoms in total. The topological polar surface area (TPSA) is 35.0 Å². The molecule has 238 valence electrons. The first-order valence-corrected chi connectivity index (χ1v) is 16.9. The Labute approximate surface area is 289 Å². The summed E-state index contributed by atoms with van der Waals surface area (Å²) < 4.78 is 7.11. The number of hydrogen-bond donors (Lipinski definition) is 0. The van der Waals surface area contributed by atoms with Crippen LogP contribution >= 0.6 is 0 Å². The number of aromatic nitrogens is 2. The molecule has 1 aliphatic rings. The van der Waals surface area contributed by atoms with Crippen molar-refractivity contribution in [3.05, 3.63) is 180 Å². The van der Waals surface area contributed by atoms with Crippen LogP contribution in [0.15, 0.2) is 158 Å². The summed E-state index contributed by atoms with van der Waals surface area (Å²) in [5.74, 6) is 1.78. The summed E-state index contributed by atoms with van der Waals surface area (Å²) in [5.41, 5.74) is 11.7. The number of fused-ring (bicyclic) bond motifs is 2. The predicted molar refractivity (Wildman–Crippen MR) is 201 cm³/mol. The summed E-state index contributed by atoms with van der Waals surface area (Å²) in [6, 6.07) is 55.0. The van der Waals surface area contributed by atoms with Crippen LogP contribution in [0.2, 0.25) is 0 Å². The zero-order chi connectivity index (χ0) is 33.6. The molecular formula is C46H38N2O. The Kier molecular flexibility index (Phi) is 7.49. The summed E-state index contributed by atoms with van der Waals surface area (Å²) in [4.78, 5) is 10.7. The van der Waals surface area contributed by atoms with E-state index >= 15 is 0 Å². The van der Waals surface area contributed by atoms with Crippen molar-refractivity contribution in [1.82, 2.24) is 9.97 Å². The van der Waals surface area contributed by atoms with Gasteiger partial charge >= 0.3 is 0 Å². The zero-order valence-electron chi connectivity index (χ0n) is 28.3. The van der Waals surface area contributed by atoms with E-state index in [9.17, 15) is 0 Å². The fraction of sp³-hybridized carbons (Fsp3) is 0.130. The normalized spacial score (nSPS) is 13.2. The van der Waals surface area contributed by atoms with Gasteiger partial charge in [0.1, 0.15) is 11.5 Å². The number of nitrogens with zero attached hydrogens (tertiary/aromatic N) is 2. The third-order valence-corrected chi connectivity index (χ3v) is 9.97. The molecule has 0 N–H and O–H groups in total. The van der Waals surface area contributed by atoms with E-state index in [2.05, 4.69) is 173 Å². The van der Waals surface area contributed by atoms with Crippen LogP contribution in [0, 0.1) is 0 Å². The lowest BCUT2D eigenvalue weighted by Crippen LogP contribution is -2.26. The van der Waals surface area contributed by atoms with Crippen molar-refractivity contribution in [2.45, 2.75) is 38.5 Å². The van der Waals surface area contributed by atoms with Crippen LogP contribution in [0.25, 0.3) is 44.8 Å². The Morgan fingerprint density at radius 1 is 0.449 bits per heavy atom. The molecule has 8 rings (SSSR count). The summed E-state index contributed by atoms with van der Waals surface area (Å²) >= 11 is 0. The van der Waals surface area contributed by atoms with Crippen molar-refractivity contribution in [3.63, 3.8) is 0 Å². The minimum Gasteiger partial charge on any atom is -0.455 e. The van der Waals surface area contributed by atoms with Gasteiger partial charge in [0.15, 0.2) is 0 Å². The quantitative estimate of drug-likeness (QED) is 0.183. The van der Waals surface area contributed by atoms with Crippen molar-refractivity contribution < 1.29 is 4.74 Å². The van der Waals surface area contributed by atoms with E-state index in [1.54, 1.807) is 0 Å². The molecule has 0 amide bonds. The highest BCUT2D eigenvalue weighted by Gasteiger charge is 2.38. The second-order valence-electron chi connectivity index (χ2n) is 13.8. The van der Waals surface area contributed by atoms with Crippen molar-refractivity contribution in [3.8, 4) is 56.3 Å². The highest BCUT2D eigenvalue weighted by Crippen LogP contribution is 2.54. The average molecular weight is 635 g/mol. The molecule has 0 saturated heterocycles. The standard InChI is InChI=1S/C46H38N2O/c1-45(2)37-25-14-23-34(31-17-8-5-9-18-31)42(37)49-43-35(24-15-26-38(43)45)36-29-30-40(33-21-12-7-13-22-33)48-44(36)46(3,4)41-28-16-27-39(47-41)32-19-10-6-11-20-32/h5-30H,1-4H3. The van der Waals surface area contributed by atoms with Crippen LogP contribution in [0.1, 0.15) is 50.2 Å². The minimum absolute atomic E-state index is 0.289. The SMILES string of the molecule is CC1(C)c2cccc(-c3ccccc3)c2Oc2c(-c3ccc(-c4ccccc4)nc3C(C)(C)c3cccc(-c4ccccc4)n3)cccc21. The van der Waals surface area contributed by atoms with Gasteiger partial charge in [-0.2, -0.15) is 0 Å². The molecule has 49 heavy (non-hydrogen) atoms. The van der Waals surface area contributed by atoms with Gasteiger partial charge in [-0.3, -0.25) is 9.97 Å². The van der Waals surface area contributed by atoms with Gasteiger partial charge in [0, 0.05) is 49.8 Å². The Morgan fingerprint density at radius 3 is 1.57 bits per heavy atom. The Bertz CT molecular complexity index is 2290. The van der Waals surface area contributed by atoms with Crippen LogP contribution in [0.5, 0.6) is 11.5 Å². The number of hydrogen-bond acceptors (Lipinski definition) is 3. The molecule has 0 bridgehead atoms. The molecule has 0 spiro atoms. The second-order valence-corrected chi connectivity index (χ2v) is 13.8. The highest BCUT2D eigenvalue weighted by atomic mass is 16.5. The van der Waals surface area contributed by atoms with Gasteiger partial charge in [-0.05, 0) is 37.6 Å². The lowest BCUT2D eigenvalue weighted by molar-refractivity contribution is 0.421. The third kappa shape index (κ3) is 5.32. The molecule has 0 radical (unpaired) electrons. The van der Waals surface area contributed by atoms with E-state index in [4.69, 9.17) is 14.7 Å². The van der Waals surface area contributed by atoms with Gasteiger partial charge in [0.05, 0.1) is 22.8 Å². The minimum atomic E-state index is -0.551. The van der Waals surface area contributed by atoms with Crippen molar-refractivity contribution in [2.75, 3.05) is 0 Å². The van der Waals surface area contributed by atoms with Gasteiger partial charge in [0.25, 0.3) is 0 Å².